The summed E-state index contributed by atoms with van der Waals surface area (Å²) >= 11 is 0. The molecule has 0 aliphatic carbocycles. The zero-order valence-corrected chi connectivity index (χ0v) is 10.9. The molecule has 0 atom stereocenters. The molecule has 98 valence electrons. The van der Waals surface area contributed by atoms with Gasteiger partial charge < -0.3 is 5.73 Å². The minimum absolute atomic E-state index is 0.0938. The molecule has 0 spiro atoms. The molecule has 0 aliphatic rings. The van der Waals surface area contributed by atoms with Crippen LogP contribution in [0.3, 0.4) is 0 Å². The van der Waals surface area contributed by atoms with Gasteiger partial charge in [-0.3, -0.25) is 9.78 Å². The SMILES string of the molecule is CS(=O)(=O)c1ncccc1-c1ccncc1C(N)=O. The largest absolute Gasteiger partial charge is 0.366 e. The average Bonchev–Trinajstić information content (AvgIpc) is 2.37. The Morgan fingerprint density at radius 3 is 2.58 bits per heavy atom. The van der Waals surface area contributed by atoms with E-state index in [1.54, 1.807) is 12.1 Å². The second-order valence-electron chi connectivity index (χ2n) is 3.91. The molecule has 2 aromatic heterocycles. The van der Waals surface area contributed by atoms with Gasteiger partial charge in [-0.1, -0.05) is 0 Å². The van der Waals surface area contributed by atoms with Crippen LogP contribution in [0.2, 0.25) is 0 Å². The van der Waals surface area contributed by atoms with Crippen LogP contribution in [0.1, 0.15) is 10.4 Å². The Balaban J connectivity index is 2.78. The molecular formula is C12H11N3O3S. The van der Waals surface area contributed by atoms with Gasteiger partial charge in [0.05, 0.1) is 5.56 Å². The van der Waals surface area contributed by atoms with Crippen molar-refractivity contribution < 1.29 is 13.2 Å². The molecule has 0 aliphatic heterocycles. The van der Waals surface area contributed by atoms with Crippen LogP contribution >= 0.6 is 0 Å². The lowest BCUT2D eigenvalue weighted by molar-refractivity contribution is 0.100. The summed E-state index contributed by atoms with van der Waals surface area (Å²) in [6.45, 7) is 0. The first-order valence-electron chi connectivity index (χ1n) is 5.30. The van der Waals surface area contributed by atoms with Crippen LogP contribution < -0.4 is 5.73 Å². The van der Waals surface area contributed by atoms with Gasteiger partial charge >= 0.3 is 0 Å². The molecular weight excluding hydrogens is 266 g/mol. The predicted octanol–water partition coefficient (Wildman–Crippen LogP) is 0.646. The average molecular weight is 277 g/mol. The number of amides is 1. The summed E-state index contributed by atoms with van der Waals surface area (Å²) in [6.07, 6.45) is 5.20. The number of rotatable bonds is 3. The summed E-state index contributed by atoms with van der Waals surface area (Å²) in [6, 6.07) is 4.70. The Kier molecular flexibility index (Phi) is 3.30. The number of aromatic nitrogens is 2. The minimum Gasteiger partial charge on any atom is -0.366 e. The summed E-state index contributed by atoms with van der Waals surface area (Å²) in [5, 5.41) is -0.0938. The van der Waals surface area contributed by atoms with Crippen LogP contribution in [0.15, 0.2) is 41.8 Å². The quantitative estimate of drug-likeness (QED) is 0.887. The maximum Gasteiger partial charge on any atom is 0.250 e. The molecule has 0 saturated heterocycles. The van der Waals surface area contributed by atoms with Gasteiger partial charge in [0, 0.05) is 36.0 Å². The molecule has 0 bridgehead atoms. The maximum absolute atomic E-state index is 11.7. The molecule has 2 heterocycles. The molecule has 0 aromatic carbocycles. The third kappa shape index (κ3) is 2.60. The molecule has 19 heavy (non-hydrogen) atoms. The second kappa shape index (κ2) is 4.77. The second-order valence-corrected chi connectivity index (χ2v) is 5.84. The van der Waals surface area contributed by atoms with Gasteiger partial charge in [0.15, 0.2) is 14.9 Å². The van der Waals surface area contributed by atoms with Crippen molar-refractivity contribution in [3.63, 3.8) is 0 Å². The Hall–Kier alpha value is -2.28. The van der Waals surface area contributed by atoms with Gasteiger partial charge in [-0.2, -0.15) is 0 Å². The van der Waals surface area contributed by atoms with Crippen LogP contribution in [0.5, 0.6) is 0 Å². The summed E-state index contributed by atoms with van der Waals surface area (Å²) < 4.78 is 23.4. The lowest BCUT2D eigenvalue weighted by atomic mass is 10.0. The van der Waals surface area contributed by atoms with Crippen molar-refractivity contribution in [3.05, 3.63) is 42.4 Å². The summed E-state index contributed by atoms with van der Waals surface area (Å²) in [7, 11) is -3.51. The van der Waals surface area contributed by atoms with Crippen molar-refractivity contribution in [1.82, 2.24) is 9.97 Å². The van der Waals surface area contributed by atoms with E-state index in [0.29, 0.717) is 11.1 Å². The van der Waals surface area contributed by atoms with Crippen LogP contribution in [-0.2, 0) is 9.84 Å². The van der Waals surface area contributed by atoms with Gasteiger partial charge in [-0.25, -0.2) is 13.4 Å². The third-order valence-electron chi connectivity index (χ3n) is 2.50. The van der Waals surface area contributed by atoms with E-state index >= 15 is 0 Å². The predicted molar refractivity (Wildman–Crippen MR) is 69.1 cm³/mol. The summed E-state index contributed by atoms with van der Waals surface area (Å²) in [4.78, 5) is 19.0. The van der Waals surface area contributed by atoms with Crippen molar-refractivity contribution in [1.29, 1.82) is 0 Å². The van der Waals surface area contributed by atoms with Gasteiger partial charge in [0.2, 0.25) is 0 Å². The molecule has 0 radical (unpaired) electrons. The van der Waals surface area contributed by atoms with Crippen LogP contribution in [0.25, 0.3) is 11.1 Å². The summed E-state index contributed by atoms with van der Waals surface area (Å²) in [5.41, 5.74) is 6.15. The zero-order valence-electron chi connectivity index (χ0n) is 10.1. The fraction of sp³-hybridized carbons (Fsp3) is 0.0833. The minimum atomic E-state index is -3.51. The molecule has 2 N–H and O–H groups in total. The smallest absolute Gasteiger partial charge is 0.250 e. The normalized spacial score (nSPS) is 11.2. The van der Waals surface area contributed by atoms with Crippen molar-refractivity contribution in [2.75, 3.05) is 6.26 Å². The van der Waals surface area contributed by atoms with E-state index in [2.05, 4.69) is 9.97 Å². The molecule has 0 fully saturated rings. The van der Waals surface area contributed by atoms with Gasteiger partial charge in [-0.15, -0.1) is 0 Å². The lowest BCUT2D eigenvalue weighted by Crippen LogP contribution is -2.13. The number of carbonyl (C=O) groups excluding carboxylic acids is 1. The number of nitrogens with two attached hydrogens (primary N) is 1. The van der Waals surface area contributed by atoms with E-state index in [1.165, 1.54) is 24.7 Å². The van der Waals surface area contributed by atoms with Crippen molar-refractivity contribution in [3.8, 4) is 11.1 Å². The highest BCUT2D eigenvalue weighted by molar-refractivity contribution is 7.90. The van der Waals surface area contributed by atoms with E-state index in [-0.39, 0.29) is 10.6 Å². The van der Waals surface area contributed by atoms with E-state index < -0.39 is 15.7 Å². The van der Waals surface area contributed by atoms with Gasteiger partial charge in [-0.05, 0) is 18.2 Å². The number of primary amides is 1. The molecule has 2 aromatic rings. The number of hydrogen-bond acceptors (Lipinski definition) is 5. The molecule has 0 unspecified atom stereocenters. The Morgan fingerprint density at radius 1 is 1.21 bits per heavy atom. The maximum atomic E-state index is 11.7. The molecule has 2 rings (SSSR count). The Morgan fingerprint density at radius 2 is 1.95 bits per heavy atom. The monoisotopic (exact) mass is 277 g/mol. The topological polar surface area (TPSA) is 103 Å². The van der Waals surface area contributed by atoms with Gasteiger partial charge in [0.25, 0.3) is 5.91 Å². The number of sulfone groups is 1. The Labute approximate surface area is 110 Å². The number of pyridine rings is 2. The van der Waals surface area contributed by atoms with Crippen LogP contribution in [0.4, 0.5) is 0 Å². The van der Waals surface area contributed by atoms with E-state index in [9.17, 15) is 13.2 Å². The van der Waals surface area contributed by atoms with Crippen molar-refractivity contribution in [2.24, 2.45) is 5.73 Å². The molecule has 7 heteroatoms. The first kappa shape index (κ1) is 13.2. The zero-order chi connectivity index (χ0) is 14.0. The highest BCUT2D eigenvalue weighted by atomic mass is 32.2. The highest BCUT2D eigenvalue weighted by Gasteiger charge is 2.19. The summed E-state index contributed by atoms with van der Waals surface area (Å²) in [5.74, 6) is -0.675. The molecule has 6 nitrogen and oxygen atoms in total. The third-order valence-corrected chi connectivity index (χ3v) is 3.53. The van der Waals surface area contributed by atoms with E-state index in [1.807, 2.05) is 0 Å². The number of carbonyl (C=O) groups is 1. The van der Waals surface area contributed by atoms with Crippen LogP contribution in [0, 0.1) is 0 Å². The van der Waals surface area contributed by atoms with E-state index in [4.69, 9.17) is 5.73 Å². The fourth-order valence-corrected chi connectivity index (χ4v) is 2.55. The Bertz CT molecular complexity index is 741. The number of hydrogen-bond donors (Lipinski definition) is 1. The van der Waals surface area contributed by atoms with Crippen molar-refractivity contribution >= 4 is 15.7 Å². The number of nitrogens with zero attached hydrogens (tertiary/aromatic N) is 2. The molecule has 1 amide bonds. The standard InChI is InChI=1S/C12H11N3O3S/c1-19(17,18)12-9(3-2-5-15-12)8-4-6-14-7-10(8)11(13)16/h2-7H,1H3,(H2,13,16). The van der Waals surface area contributed by atoms with Gasteiger partial charge in [0.1, 0.15) is 0 Å². The highest BCUT2D eigenvalue weighted by Crippen LogP contribution is 2.27. The van der Waals surface area contributed by atoms with E-state index in [0.717, 1.165) is 6.26 Å². The fourth-order valence-electron chi connectivity index (χ4n) is 1.72. The first-order valence-corrected chi connectivity index (χ1v) is 7.19. The van der Waals surface area contributed by atoms with Crippen LogP contribution in [-0.4, -0.2) is 30.5 Å². The first-order chi connectivity index (χ1) is 8.91. The molecule has 0 saturated carbocycles. The lowest BCUT2D eigenvalue weighted by Gasteiger charge is -2.09. The van der Waals surface area contributed by atoms with Crippen molar-refractivity contribution in [2.45, 2.75) is 5.03 Å².